The molecular formula is C15H16N4O2. The summed E-state index contributed by atoms with van der Waals surface area (Å²) in [6.07, 6.45) is 1.71. The van der Waals surface area contributed by atoms with Gasteiger partial charge in [-0.1, -0.05) is 12.1 Å². The second kappa shape index (κ2) is 7.10. The zero-order valence-electron chi connectivity index (χ0n) is 11.7. The summed E-state index contributed by atoms with van der Waals surface area (Å²) in [4.78, 5) is 11.5. The van der Waals surface area contributed by atoms with Crippen molar-refractivity contribution in [1.82, 2.24) is 9.78 Å². The highest BCUT2D eigenvalue weighted by Gasteiger charge is 2.07. The van der Waals surface area contributed by atoms with Crippen molar-refractivity contribution >= 4 is 11.6 Å². The maximum atomic E-state index is 11.5. The summed E-state index contributed by atoms with van der Waals surface area (Å²) in [6.45, 7) is 2.98. The van der Waals surface area contributed by atoms with Crippen molar-refractivity contribution in [3.8, 4) is 11.8 Å². The van der Waals surface area contributed by atoms with Crippen LogP contribution in [0.25, 0.3) is 0 Å². The molecular weight excluding hydrogens is 268 g/mol. The molecule has 1 aromatic heterocycles. The molecule has 1 N–H and O–H groups in total. The Hall–Kier alpha value is -2.81. The zero-order chi connectivity index (χ0) is 15.1. The largest absolute Gasteiger partial charge is 0.489 e. The van der Waals surface area contributed by atoms with Gasteiger partial charge in [0.2, 0.25) is 5.91 Å². The molecule has 6 heteroatoms. The highest BCUT2D eigenvalue weighted by atomic mass is 16.5. The van der Waals surface area contributed by atoms with E-state index < -0.39 is 0 Å². The van der Waals surface area contributed by atoms with Crippen LogP contribution in [0, 0.1) is 18.3 Å². The van der Waals surface area contributed by atoms with Gasteiger partial charge in [0.25, 0.3) is 0 Å². The monoisotopic (exact) mass is 284 g/mol. The van der Waals surface area contributed by atoms with Crippen LogP contribution in [0.15, 0.2) is 36.5 Å². The number of hydrogen-bond acceptors (Lipinski definition) is 4. The molecule has 21 heavy (non-hydrogen) atoms. The topological polar surface area (TPSA) is 79.9 Å². The quantitative estimate of drug-likeness (QED) is 0.881. The van der Waals surface area contributed by atoms with E-state index in [9.17, 15) is 4.79 Å². The molecule has 0 unspecified atom stereocenters. The Balaban J connectivity index is 1.93. The van der Waals surface area contributed by atoms with Crippen molar-refractivity contribution in [2.45, 2.75) is 19.9 Å². The lowest BCUT2D eigenvalue weighted by molar-refractivity contribution is -0.115. The van der Waals surface area contributed by atoms with Gasteiger partial charge in [0, 0.05) is 6.20 Å². The van der Waals surface area contributed by atoms with Gasteiger partial charge < -0.3 is 10.1 Å². The Morgan fingerprint density at radius 1 is 1.43 bits per heavy atom. The van der Waals surface area contributed by atoms with Crippen molar-refractivity contribution in [2.24, 2.45) is 0 Å². The number of amides is 1. The van der Waals surface area contributed by atoms with Crippen molar-refractivity contribution in [3.05, 3.63) is 42.2 Å². The van der Waals surface area contributed by atoms with Gasteiger partial charge in [-0.3, -0.25) is 9.48 Å². The molecule has 1 amide bonds. The van der Waals surface area contributed by atoms with Gasteiger partial charge in [0.05, 0.1) is 24.0 Å². The highest BCUT2D eigenvalue weighted by Crippen LogP contribution is 2.23. The molecule has 0 fully saturated rings. The summed E-state index contributed by atoms with van der Waals surface area (Å²) in [5.41, 5.74) is 1.52. The van der Waals surface area contributed by atoms with Crippen LogP contribution < -0.4 is 10.1 Å². The fourth-order valence-corrected chi connectivity index (χ4v) is 1.80. The summed E-state index contributed by atoms with van der Waals surface area (Å²) in [5.74, 6) is 0.226. The third-order valence-corrected chi connectivity index (χ3v) is 2.75. The first-order valence-electron chi connectivity index (χ1n) is 6.58. The number of rotatable bonds is 6. The summed E-state index contributed by atoms with van der Waals surface area (Å²) in [6, 6.07) is 10.9. The number of carbonyl (C=O) groups is 1. The molecule has 6 nitrogen and oxygen atoms in total. The predicted molar refractivity (Wildman–Crippen MR) is 77.8 cm³/mol. The van der Waals surface area contributed by atoms with Crippen LogP contribution in [0.2, 0.25) is 0 Å². The van der Waals surface area contributed by atoms with E-state index in [0.29, 0.717) is 24.6 Å². The lowest BCUT2D eigenvalue weighted by Gasteiger charge is -2.11. The summed E-state index contributed by atoms with van der Waals surface area (Å²) >= 11 is 0. The van der Waals surface area contributed by atoms with Gasteiger partial charge >= 0.3 is 0 Å². The van der Waals surface area contributed by atoms with Crippen molar-refractivity contribution < 1.29 is 9.53 Å². The lowest BCUT2D eigenvalue weighted by Crippen LogP contribution is -2.13. The fourth-order valence-electron chi connectivity index (χ4n) is 1.80. The first-order valence-corrected chi connectivity index (χ1v) is 6.58. The van der Waals surface area contributed by atoms with Crippen LogP contribution in [0.1, 0.15) is 12.1 Å². The minimum absolute atomic E-state index is 0.180. The molecule has 0 saturated heterocycles. The van der Waals surface area contributed by atoms with E-state index in [1.807, 2.05) is 31.3 Å². The lowest BCUT2D eigenvalue weighted by atomic mass is 10.3. The number of ether oxygens (including phenoxy) is 1. The van der Waals surface area contributed by atoms with Crippen molar-refractivity contribution in [2.75, 3.05) is 11.9 Å². The van der Waals surface area contributed by atoms with Gasteiger partial charge in [0.1, 0.15) is 18.8 Å². The molecule has 108 valence electrons. The molecule has 2 rings (SSSR count). The number of aryl methyl sites for hydroxylation is 1. The highest BCUT2D eigenvalue weighted by molar-refractivity contribution is 5.93. The van der Waals surface area contributed by atoms with Crippen LogP contribution >= 0.6 is 0 Å². The van der Waals surface area contributed by atoms with E-state index in [1.165, 1.54) is 0 Å². The molecule has 0 bridgehead atoms. The Morgan fingerprint density at radius 3 is 2.95 bits per heavy atom. The standard InChI is InChI=1S/C15H16N4O2/c1-12-7-9-19(18-12)10-11-21-14-5-3-2-4-13(14)17-15(20)6-8-16/h2-5,7,9H,6,10-11H2,1H3,(H,17,20). The van der Waals surface area contributed by atoms with Gasteiger partial charge in [0.15, 0.2) is 0 Å². The summed E-state index contributed by atoms with van der Waals surface area (Å²) in [5, 5.41) is 15.4. The van der Waals surface area contributed by atoms with Gasteiger partial charge in [-0.2, -0.15) is 10.4 Å². The maximum absolute atomic E-state index is 11.5. The summed E-state index contributed by atoms with van der Waals surface area (Å²) < 4.78 is 7.47. The molecule has 0 aliphatic carbocycles. The smallest absolute Gasteiger partial charge is 0.238 e. The first-order chi connectivity index (χ1) is 10.2. The maximum Gasteiger partial charge on any atom is 0.238 e. The molecule has 0 saturated carbocycles. The van der Waals surface area contributed by atoms with E-state index in [4.69, 9.17) is 10.00 Å². The van der Waals surface area contributed by atoms with E-state index in [-0.39, 0.29) is 12.3 Å². The summed E-state index contributed by atoms with van der Waals surface area (Å²) in [7, 11) is 0. The van der Waals surface area contributed by atoms with Crippen LogP contribution in [0.5, 0.6) is 5.75 Å². The molecule has 1 heterocycles. The van der Waals surface area contributed by atoms with Crippen molar-refractivity contribution in [1.29, 1.82) is 5.26 Å². The second-order valence-electron chi connectivity index (χ2n) is 4.45. The number of nitriles is 1. The number of aromatic nitrogens is 2. The molecule has 0 aliphatic rings. The number of nitrogens with one attached hydrogen (secondary N) is 1. The van der Waals surface area contributed by atoms with Crippen LogP contribution in [0.4, 0.5) is 5.69 Å². The molecule has 0 spiro atoms. The fraction of sp³-hybridized carbons (Fsp3) is 0.267. The van der Waals surface area contributed by atoms with E-state index in [2.05, 4.69) is 10.4 Å². The molecule has 0 atom stereocenters. The first kappa shape index (κ1) is 14.6. The van der Waals surface area contributed by atoms with Gasteiger partial charge in [-0.25, -0.2) is 0 Å². The second-order valence-corrected chi connectivity index (χ2v) is 4.45. The minimum atomic E-state index is -0.351. The number of para-hydroxylation sites is 2. The third kappa shape index (κ3) is 4.35. The van der Waals surface area contributed by atoms with E-state index >= 15 is 0 Å². The number of nitrogens with zero attached hydrogens (tertiary/aromatic N) is 3. The minimum Gasteiger partial charge on any atom is -0.489 e. The predicted octanol–water partition coefficient (Wildman–Crippen LogP) is 2.12. The average molecular weight is 284 g/mol. The Kier molecular flexibility index (Phi) is 4.94. The number of anilines is 1. The van der Waals surface area contributed by atoms with E-state index in [1.54, 1.807) is 22.9 Å². The Morgan fingerprint density at radius 2 is 2.24 bits per heavy atom. The van der Waals surface area contributed by atoms with Crippen LogP contribution in [-0.2, 0) is 11.3 Å². The van der Waals surface area contributed by atoms with Crippen molar-refractivity contribution in [3.63, 3.8) is 0 Å². The zero-order valence-corrected chi connectivity index (χ0v) is 11.7. The van der Waals surface area contributed by atoms with Gasteiger partial charge in [-0.15, -0.1) is 0 Å². The Bertz CT molecular complexity index is 658. The molecule has 0 aliphatic heterocycles. The third-order valence-electron chi connectivity index (χ3n) is 2.75. The average Bonchev–Trinajstić information content (AvgIpc) is 2.87. The number of benzene rings is 1. The number of hydrogen-bond donors (Lipinski definition) is 1. The molecule has 0 radical (unpaired) electrons. The van der Waals surface area contributed by atoms with Crippen LogP contribution in [-0.4, -0.2) is 22.3 Å². The Labute approximate surface area is 123 Å². The van der Waals surface area contributed by atoms with Crippen LogP contribution in [0.3, 0.4) is 0 Å². The SMILES string of the molecule is Cc1ccn(CCOc2ccccc2NC(=O)CC#N)n1. The van der Waals surface area contributed by atoms with Gasteiger partial charge in [-0.05, 0) is 25.1 Å². The molecule has 1 aromatic carbocycles. The number of carbonyl (C=O) groups excluding carboxylic acids is 1. The normalized spacial score (nSPS) is 9.90. The molecule has 2 aromatic rings. The van der Waals surface area contributed by atoms with E-state index in [0.717, 1.165) is 5.69 Å².